The second-order valence-electron chi connectivity index (χ2n) is 6.36. The number of carbonyl (C=O) groups excluding carboxylic acids is 2. The second-order valence-corrected chi connectivity index (χ2v) is 7.60. The van der Waals surface area contributed by atoms with Gasteiger partial charge in [0, 0.05) is 25.6 Å². The number of nitrogens with zero attached hydrogens (tertiary/aromatic N) is 1. The lowest BCUT2D eigenvalue weighted by Crippen LogP contribution is -2.44. The third-order valence-electron chi connectivity index (χ3n) is 4.25. The summed E-state index contributed by atoms with van der Waals surface area (Å²) < 4.78 is 15.1. The summed E-state index contributed by atoms with van der Waals surface area (Å²) in [6, 6.07) is 15.0. The summed E-state index contributed by atoms with van der Waals surface area (Å²) in [4.78, 5) is 26.3. The predicted molar refractivity (Wildman–Crippen MR) is 110 cm³/mol. The molecule has 0 aliphatic carbocycles. The van der Waals surface area contributed by atoms with E-state index in [0.29, 0.717) is 17.0 Å². The van der Waals surface area contributed by atoms with Crippen LogP contribution >= 0.6 is 0 Å². The van der Waals surface area contributed by atoms with Crippen molar-refractivity contribution in [3.05, 3.63) is 65.7 Å². The van der Waals surface area contributed by atoms with Gasteiger partial charge in [-0.25, -0.2) is 14.4 Å². The third kappa shape index (κ3) is 6.84. The van der Waals surface area contributed by atoms with Crippen LogP contribution in [0.25, 0.3) is 0 Å². The summed E-state index contributed by atoms with van der Waals surface area (Å²) in [5.74, 6) is 1.53. The Labute approximate surface area is 172 Å². The molecule has 7 nitrogen and oxygen atoms in total. The van der Waals surface area contributed by atoms with Crippen LogP contribution in [0, 0.1) is 12.3 Å². The molecule has 152 valence electrons. The lowest BCUT2D eigenvalue weighted by Gasteiger charge is -2.20. The van der Waals surface area contributed by atoms with Crippen molar-refractivity contribution in [1.82, 2.24) is 15.1 Å². The number of carbonyl (C=O) groups is 2. The van der Waals surface area contributed by atoms with Crippen LogP contribution in [0.4, 0.5) is 0 Å². The van der Waals surface area contributed by atoms with E-state index in [-0.39, 0.29) is 18.7 Å². The van der Waals surface area contributed by atoms with Gasteiger partial charge in [0.05, 0.1) is 4.90 Å². The van der Waals surface area contributed by atoms with E-state index in [4.69, 9.17) is 11.6 Å². The third-order valence-corrected chi connectivity index (χ3v) is 5.45. The van der Waals surface area contributed by atoms with Crippen LogP contribution in [0.15, 0.2) is 59.5 Å². The van der Waals surface area contributed by atoms with Gasteiger partial charge in [0.2, 0.25) is 5.91 Å². The van der Waals surface area contributed by atoms with Crippen molar-refractivity contribution in [2.24, 2.45) is 0 Å². The van der Waals surface area contributed by atoms with Crippen LogP contribution in [-0.4, -0.2) is 39.2 Å². The average Bonchev–Trinajstić information content (AvgIpc) is 2.76. The fourth-order valence-electron chi connectivity index (χ4n) is 2.60. The van der Waals surface area contributed by atoms with Crippen molar-refractivity contribution in [2.75, 3.05) is 7.05 Å². The Kier molecular flexibility index (Phi) is 8.55. The van der Waals surface area contributed by atoms with E-state index >= 15 is 0 Å². The van der Waals surface area contributed by atoms with Gasteiger partial charge >= 0.3 is 0 Å². The highest BCUT2D eigenvalue weighted by Gasteiger charge is 2.23. The number of rotatable bonds is 9. The highest BCUT2D eigenvalue weighted by atomic mass is 32.2. The molecule has 0 aliphatic heterocycles. The first kappa shape index (κ1) is 22.3. The first-order valence-electron chi connectivity index (χ1n) is 8.91. The number of benzene rings is 2. The molecule has 2 amide bonds. The van der Waals surface area contributed by atoms with E-state index in [1.165, 1.54) is 0 Å². The van der Waals surface area contributed by atoms with E-state index < -0.39 is 22.9 Å². The van der Waals surface area contributed by atoms with E-state index in [2.05, 4.69) is 10.6 Å². The lowest BCUT2D eigenvalue weighted by molar-refractivity contribution is -0.132. The van der Waals surface area contributed by atoms with Crippen molar-refractivity contribution in [3.63, 3.8) is 0 Å². The molecule has 0 fully saturated rings. The van der Waals surface area contributed by atoms with Gasteiger partial charge in [0.15, 0.2) is 0 Å². The van der Waals surface area contributed by atoms with E-state index in [1.807, 2.05) is 30.3 Å². The monoisotopic (exact) mass is 413 g/mol. The molecule has 2 rings (SSSR count). The van der Waals surface area contributed by atoms with Gasteiger partial charge in [-0.15, -0.1) is 6.42 Å². The van der Waals surface area contributed by atoms with Crippen molar-refractivity contribution in [3.8, 4) is 12.3 Å². The Hall–Kier alpha value is -2.99. The molecule has 0 aromatic heterocycles. The summed E-state index contributed by atoms with van der Waals surface area (Å²) in [5.41, 5.74) is 3.18. The molecule has 0 aliphatic rings. The van der Waals surface area contributed by atoms with Crippen LogP contribution in [0.5, 0.6) is 0 Å². The fraction of sp³-hybridized carbons (Fsp3) is 0.238. The molecular formula is C21H23N3O4S. The minimum atomic E-state index is -1.72. The standard InChI is InChI=1S/C21H23N3O4S/c1-3-16-9-11-18(12-10-16)29(28)23-19(21(26)22-27)13-14-20(25)24(2)15-17-7-5-4-6-8-17/h1,4-12,19,23,27H,13-15H2,2H3,(H,22,26)/t19-,29?/m1/s1. The molecule has 0 saturated heterocycles. The number of hydrogen-bond acceptors (Lipinski definition) is 4. The zero-order chi connectivity index (χ0) is 21.2. The molecule has 2 atom stereocenters. The van der Waals surface area contributed by atoms with Gasteiger partial charge in [-0.1, -0.05) is 36.3 Å². The molecule has 0 radical (unpaired) electrons. The Morgan fingerprint density at radius 3 is 2.41 bits per heavy atom. The van der Waals surface area contributed by atoms with Crippen LogP contribution < -0.4 is 10.2 Å². The molecule has 1 unspecified atom stereocenters. The first-order chi connectivity index (χ1) is 13.9. The Morgan fingerprint density at radius 2 is 1.83 bits per heavy atom. The SMILES string of the molecule is C#Cc1ccc(S(=O)N[C@H](CCC(=O)N(C)Cc2ccccc2)C(=O)NO)cc1. The molecule has 0 spiro atoms. The molecule has 29 heavy (non-hydrogen) atoms. The maximum Gasteiger partial charge on any atom is 0.261 e. The second kappa shape index (κ2) is 11.1. The minimum absolute atomic E-state index is 0.0433. The highest BCUT2D eigenvalue weighted by molar-refractivity contribution is 7.83. The number of nitrogens with one attached hydrogen (secondary N) is 2. The molecule has 2 aromatic carbocycles. The quantitative estimate of drug-likeness (QED) is 0.330. The van der Waals surface area contributed by atoms with Crippen LogP contribution in [0.3, 0.4) is 0 Å². The molecule has 2 aromatic rings. The van der Waals surface area contributed by atoms with Crippen LogP contribution in [0.2, 0.25) is 0 Å². The summed E-state index contributed by atoms with van der Waals surface area (Å²) >= 11 is 0. The van der Waals surface area contributed by atoms with Gasteiger partial charge in [0.25, 0.3) is 5.91 Å². The minimum Gasteiger partial charge on any atom is -0.341 e. The Morgan fingerprint density at radius 1 is 1.17 bits per heavy atom. The number of hydrogen-bond donors (Lipinski definition) is 3. The fourth-order valence-corrected chi connectivity index (χ4v) is 3.60. The zero-order valence-corrected chi connectivity index (χ0v) is 16.8. The van der Waals surface area contributed by atoms with E-state index in [1.54, 1.807) is 41.7 Å². The summed E-state index contributed by atoms with van der Waals surface area (Å²) in [5, 5.41) is 8.97. The predicted octanol–water partition coefficient (Wildman–Crippen LogP) is 1.59. The number of terminal acetylenes is 1. The van der Waals surface area contributed by atoms with Gasteiger partial charge < -0.3 is 4.90 Å². The summed E-state index contributed by atoms with van der Waals surface area (Å²) in [7, 11) is -0.0426. The van der Waals surface area contributed by atoms with Crippen LogP contribution in [0.1, 0.15) is 24.0 Å². The van der Waals surface area contributed by atoms with Gasteiger partial charge in [-0.3, -0.25) is 14.8 Å². The average molecular weight is 413 g/mol. The maximum absolute atomic E-state index is 12.5. The highest BCUT2D eigenvalue weighted by Crippen LogP contribution is 2.10. The molecule has 3 N–H and O–H groups in total. The Bertz CT molecular complexity index is 894. The lowest BCUT2D eigenvalue weighted by atomic mass is 10.1. The topological polar surface area (TPSA) is 98.7 Å². The van der Waals surface area contributed by atoms with E-state index in [9.17, 15) is 13.8 Å². The molecular weight excluding hydrogens is 390 g/mol. The number of amides is 2. The smallest absolute Gasteiger partial charge is 0.261 e. The van der Waals surface area contributed by atoms with Crippen molar-refractivity contribution in [2.45, 2.75) is 30.3 Å². The maximum atomic E-state index is 12.5. The van der Waals surface area contributed by atoms with Gasteiger partial charge in [0.1, 0.15) is 17.0 Å². The molecule has 0 saturated carbocycles. The molecule has 0 bridgehead atoms. The summed E-state index contributed by atoms with van der Waals surface area (Å²) in [6.07, 6.45) is 5.41. The largest absolute Gasteiger partial charge is 0.341 e. The van der Waals surface area contributed by atoms with Crippen molar-refractivity contribution < 1.29 is 19.0 Å². The van der Waals surface area contributed by atoms with Crippen molar-refractivity contribution >= 4 is 22.8 Å². The van der Waals surface area contributed by atoms with Gasteiger partial charge in [-0.05, 0) is 36.2 Å². The number of hydroxylamine groups is 1. The Balaban J connectivity index is 1.95. The first-order valence-corrected chi connectivity index (χ1v) is 10.1. The van der Waals surface area contributed by atoms with E-state index in [0.717, 1.165) is 5.56 Å². The zero-order valence-electron chi connectivity index (χ0n) is 16.0. The van der Waals surface area contributed by atoms with Crippen LogP contribution in [-0.2, 0) is 27.1 Å². The normalized spacial score (nSPS) is 12.4. The molecule has 0 heterocycles. The van der Waals surface area contributed by atoms with Crippen molar-refractivity contribution in [1.29, 1.82) is 0 Å². The molecule has 8 heteroatoms. The summed E-state index contributed by atoms with van der Waals surface area (Å²) in [6.45, 7) is 0.442. The van der Waals surface area contributed by atoms with Gasteiger partial charge in [-0.2, -0.15) is 0 Å².